The number of aliphatic carboxylic acids is 1. The Bertz CT molecular complexity index is 432. The van der Waals surface area contributed by atoms with Gasteiger partial charge < -0.3 is 10.0 Å². The monoisotopic (exact) mass is 225 g/mol. The molecule has 0 aliphatic carbocycles. The third kappa shape index (κ3) is 1.68. The number of rotatable bonds is 2. The molecule has 1 heterocycles. The third-order valence-corrected chi connectivity index (χ3v) is 2.58. The summed E-state index contributed by atoms with van der Waals surface area (Å²) < 4.78 is 0. The number of anilines is 1. The Morgan fingerprint density at radius 3 is 2.80 bits per heavy atom. The van der Waals surface area contributed by atoms with E-state index in [4.69, 9.17) is 16.7 Å². The minimum atomic E-state index is -1.07. The SMILES string of the molecule is O=C(O)C1CN(c2cccc(Cl)c2)C1=O. The van der Waals surface area contributed by atoms with Crippen molar-refractivity contribution in [2.45, 2.75) is 0 Å². The molecule has 1 N–H and O–H groups in total. The third-order valence-electron chi connectivity index (χ3n) is 2.35. The van der Waals surface area contributed by atoms with E-state index in [0.29, 0.717) is 10.7 Å². The zero-order valence-corrected chi connectivity index (χ0v) is 8.44. The highest BCUT2D eigenvalue weighted by Gasteiger charge is 2.42. The molecule has 0 radical (unpaired) electrons. The quantitative estimate of drug-likeness (QED) is 0.611. The van der Waals surface area contributed by atoms with Gasteiger partial charge in [0.1, 0.15) is 0 Å². The molecule has 1 saturated heterocycles. The van der Waals surface area contributed by atoms with Gasteiger partial charge >= 0.3 is 5.97 Å². The minimum absolute atomic E-state index is 0.217. The van der Waals surface area contributed by atoms with Gasteiger partial charge in [-0.15, -0.1) is 0 Å². The number of hydrogen-bond acceptors (Lipinski definition) is 2. The van der Waals surface area contributed by atoms with Gasteiger partial charge in [0.05, 0.1) is 0 Å². The lowest BCUT2D eigenvalue weighted by Crippen LogP contribution is -2.56. The van der Waals surface area contributed by atoms with Crippen LogP contribution in [-0.4, -0.2) is 23.5 Å². The Morgan fingerprint density at radius 1 is 1.53 bits per heavy atom. The van der Waals surface area contributed by atoms with Gasteiger partial charge in [-0.2, -0.15) is 0 Å². The van der Waals surface area contributed by atoms with Crippen molar-refractivity contribution in [2.24, 2.45) is 5.92 Å². The molecule has 0 saturated carbocycles. The molecule has 15 heavy (non-hydrogen) atoms. The standard InChI is InChI=1S/C10H8ClNO3/c11-6-2-1-3-7(4-6)12-5-8(9(12)13)10(14)15/h1-4,8H,5H2,(H,14,15). The molecule has 1 unspecified atom stereocenters. The van der Waals surface area contributed by atoms with Crippen LogP contribution in [-0.2, 0) is 9.59 Å². The van der Waals surface area contributed by atoms with Crippen LogP contribution in [0.15, 0.2) is 24.3 Å². The van der Waals surface area contributed by atoms with Gasteiger partial charge in [-0.1, -0.05) is 17.7 Å². The highest BCUT2D eigenvalue weighted by Crippen LogP contribution is 2.27. The van der Waals surface area contributed by atoms with E-state index in [0.717, 1.165) is 0 Å². The first-order chi connectivity index (χ1) is 7.09. The average molecular weight is 226 g/mol. The van der Waals surface area contributed by atoms with Gasteiger partial charge in [-0.05, 0) is 18.2 Å². The van der Waals surface area contributed by atoms with E-state index in [2.05, 4.69) is 0 Å². The van der Waals surface area contributed by atoms with E-state index in [-0.39, 0.29) is 12.5 Å². The first-order valence-corrected chi connectivity index (χ1v) is 4.77. The maximum atomic E-state index is 11.4. The van der Waals surface area contributed by atoms with Gasteiger partial charge in [0, 0.05) is 17.3 Å². The van der Waals surface area contributed by atoms with Crippen LogP contribution >= 0.6 is 11.6 Å². The summed E-state index contributed by atoms with van der Waals surface area (Å²) >= 11 is 5.76. The predicted molar refractivity (Wildman–Crippen MR) is 54.9 cm³/mol. The van der Waals surface area contributed by atoms with E-state index in [1.807, 2.05) is 0 Å². The molecule has 1 amide bonds. The highest BCUT2D eigenvalue weighted by molar-refractivity contribution is 6.31. The lowest BCUT2D eigenvalue weighted by molar-refractivity contribution is -0.149. The van der Waals surface area contributed by atoms with Crippen LogP contribution in [0, 0.1) is 5.92 Å². The average Bonchev–Trinajstić information content (AvgIpc) is 2.15. The Labute approximate surface area is 91.1 Å². The van der Waals surface area contributed by atoms with Crippen LogP contribution in [0.5, 0.6) is 0 Å². The van der Waals surface area contributed by atoms with E-state index in [1.54, 1.807) is 24.3 Å². The summed E-state index contributed by atoms with van der Waals surface area (Å²) in [5.74, 6) is -2.35. The second-order valence-electron chi connectivity index (χ2n) is 3.32. The van der Waals surface area contributed by atoms with Crippen molar-refractivity contribution in [3.63, 3.8) is 0 Å². The van der Waals surface area contributed by atoms with Crippen LogP contribution in [0.4, 0.5) is 5.69 Å². The topological polar surface area (TPSA) is 57.6 Å². The summed E-state index contributed by atoms with van der Waals surface area (Å²) in [6.45, 7) is 0.217. The van der Waals surface area contributed by atoms with Gasteiger partial charge in [-0.3, -0.25) is 9.59 Å². The molecule has 1 aromatic carbocycles. The maximum Gasteiger partial charge on any atom is 0.317 e. The summed E-state index contributed by atoms with van der Waals surface area (Å²) in [5.41, 5.74) is 0.644. The highest BCUT2D eigenvalue weighted by atomic mass is 35.5. The molecule has 1 atom stereocenters. The number of halogens is 1. The Kier molecular flexibility index (Phi) is 2.36. The summed E-state index contributed by atoms with van der Waals surface area (Å²) in [7, 11) is 0. The second-order valence-corrected chi connectivity index (χ2v) is 3.76. The smallest absolute Gasteiger partial charge is 0.317 e. The number of nitrogens with zero attached hydrogens (tertiary/aromatic N) is 1. The van der Waals surface area contributed by atoms with Crippen molar-refractivity contribution < 1.29 is 14.7 Å². The van der Waals surface area contributed by atoms with Crippen molar-refractivity contribution in [3.05, 3.63) is 29.3 Å². The molecule has 1 fully saturated rings. The maximum absolute atomic E-state index is 11.4. The molecule has 0 bridgehead atoms. The van der Waals surface area contributed by atoms with Crippen LogP contribution < -0.4 is 4.90 Å². The number of benzene rings is 1. The summed E-state index contributed by atoms with van der Waals surface area (Å²) in [6, 6.07) is 6.78. The summed E-state index contributed by atoms with van der Waals surface area (Å²) in [6.07, 6.45) is 0. The van der Waals surface area contributed by atoms with Gasteiger partial charge in [-0.25, -0.2) is 0 Å². The van der Waals surface area contributed by atoms with Gasteiger partial charge in [0.2, 0.25) is 5.91 Å². The molecule has 1 aliphatic heterocycles. The fourth-order valence-corrected chi connectivity index (χ4v) is 1.67. The first-order valence-electron chi connectivity index (χ1n) is 4.39. The normalized spacial score (nSPS) is 19.9. The molecule has 5 heteroatoms. The Balaban J connectivity index is 2.16. The molecule has 4 nitrogen and oxygen atoms in total. The molecule has 0 spiro atoms. The van der Waals surface area contributed by atoms with E-state index in [1.165, 1.54) is 4.90 Å². The Hall–Kier alpha value is -1.55. The molecule has 0 aromatic heterocycles. The van der Waals surface area contributed by atoms with Gasteiger partial charge in [0.25, 0.3) is 0 Å². The molecule has 1 aromatic rings. The van der Waals surface area contributed by atoms with Crippen molar-refractivity contribution in [2.75, 3.05) is 11.4 Å². The van der Waals surface area contributed by atoms with Crippen molar-refractivity contribution >= 4 is 29.2 Å². The Morgan fingerprint density at radius 2 is 2.27 bits per heavy atom. The van der Waals surface area contributed by atoms with E-state index in [9.17, 15) is 9.59 Å². The molecular weight excluding hydrogens is 218 g/mol. The zero-order valence-electron chi connectivity index (χ0n) is 7.68. The predicted octanol–water partition coefficient (Wildman–Crippen LogP) is 1.39. The van der Waals surface area contributed by atoms with E-state index >= 15 is 0 Å². The largest absolute Gasteiger partial charge is 0.481 e. The number of amides is 1. The number of carbonyl (C=O) groups is 2. The zero-order chi connectivity index (χ0) is 11.0. The molecule has 1 aliphatic rings. The molecule has 78 valence electrons. The van der Waals surface area contributed by atoms with Crippen molar-refractivity contribution in [1.82, 2.24) is 0 Å². The molecular formula is C10H8ClNO3. The first kappa shape index (κ1) is 9.98. The lowest BCUT2D eigenvalue weighted by Gasteiger charge is -2.35. The number of carboxylic acid groups (broad SMARTS) is 1. The van der Waals surface area contributed by atoms with Crippen LogP contribution in [0.3, 0.4) is 0 Å². The van der Waals surface area contributed by atoms with Crippen LogP contribution in [0.2, 0.25) is 5.02 Å². The van der Waals surface area contributed by atoms with Crippen molar-refractivity contribution in [3.8, 4) is 0 Å². The van der Waals surface area contributed by atoms with Crippen LogP contribution in [0.25, 0.3) is 0 Å². The summed E-state index contributed by atoms with van der Waals surface area (Å²) in [4.78, 5) is 23.4. The number of hydrogen-bond donors (Lipinski definition) is 1. The lowest BCUT2D eigenvalue weighted by atomic mass is 9.98. The van der Waals surface area contributed by atoms with Gasteiger partial charge in [0.15, 0.2) is 5.92 Å². The fourth-order valence-electron chi connectivity index (χ4n) is 1.49. The number of carbonyl (C=O) groups excluding carboxylic acids is 1. The fraction of sp³-hybridized carbons (Fsp3) is 0.200. The molecule has 2 rings (SSSR count). The minimum Gasteiger partial charge on any atom is -0.481 e. The second kappa shape index (κ2) is 3.55. The number of carboxylic acids is 1. The van der Waals surface area contributed by atoms with Crippen LogP contribution in [0.1, 0.15) is 0 Å². The van der Waals surface area contributed by atoms with Crippen molar-refractivity contribution in [1.29, 1.82) is 0 Å². The number of β-lactam (4-membered cyclic amide) rings is 1. The summed E-state index contributed by atoms with van der Waals surface area (Å²) in [5, 5.41) is 9.18. The van der Waals surface area contributed by atoms with E-state index < -0.39 is 11.9 Å².